The van der Waals surface area contributed by atoms with E-state index in [1.807, 2.05) is 0 Å². The van der Waals surface area contributed by atoms with E-state index in [2.05, 4.69) is 0 Å². The van der Waals surface area contributed by atoms with E-state index >= 15 is 0 Å². The summed E-state index contributed by atoms with van der Waals surface area (Å²) in [6, 6.07) is -0.562. The van der Waals surface area contributed by atoms with Gasteiger partial charge in [0.1, 0.15) is 12.2 Å². The van der Waals surface area contributed by atoms with Crippen LogP contribution in [0.3, 0.4) is 0 Å². The van der Waals surface area contributed by atoms with Gasteiger partial charge in [0.25, 0.3) is 0 Å². The summed E-state index contributed by atoms with van der Waals surface area (Å²) >= 11 is 0. The van der Waals surface area contributed by atoms with Gasteiger partial charge in [0.15, 0.2) is 0 Å². The third kappa shape index (κ3) is 1.69. The van der Waals surface area contributed by atoms with Crippen molar-refractivity contribution in [2.24, 2.45) is 5.73 Å². The van der Waals surface area contributed by atoms with Crippen molar-refractivity contribution in [3.8, 4) is 0 Å². The summed E-state index contributed by atoms with van der Waals surface area (Å²) in [7, 11) is 0. The lowest BCUT2D eigenvalue weighted by Crippen LogP contribution is -2.57. The second-order valence-corrected chi connectivity index (χ2v) is 2.70. The van der Waals surface area contributed by atoms with Gasteiger partial charge in [-0.1, -0.05) is 0 Å². The van der Waals surface area contributed by atoms with E-state index in [1.165, 1.54) is 0 Å². The van der Waals surface area contributed by atoms with Gasteiger partial charge in [-0.2, -0.15) is 0 Å². The Kier molecular flexibility index (Phi) is 2.80. The second kappa shape index (κ2) is 3.46. The Bertz CT molecular complexity index is 130. The van der Waals surface area contributed by atoms with E-state index in [9.17, 15) is 10.2 Å². The molecule has 11 heavy (non-hydrogen) atoms. The van der Waals surface area contributed by atoms with Crippen molar-refractivity contribution in [1.82, 2.24) is 0 Å². The van der Waals surface area contributed by atoms with Gasteiger partial charge in [0.2, 0.25) is 0 Å². The maximum absolute atomic E-state index is 9.19. The number of aliphatic hydroxyl groups excluding tert-OH is 3. The highest BCUT2D eigenvalue weighted by Gasteiger charge is 2.35. The van der Waals surface area contributed by atoms with E-state index in [-0.39, 0.29) is 13.2 Å². The summed E-state index contributed by atoms with van der Waals surface area (Å²) in [5, 5.41) is 27.0. The van der Waals surface area contributed by atoms with Crippen LogP contribution in [0, 0.1) is 0 Å². The van der Waals surface area contributed by atoms with E-state index < -0.39 is 24.4 Å². The molecule has 5 nitrogen and oxygen atoms in total. The molecule has 0 radical (unpaired) electrons. The fourth-order valence-corrected chi connectivity index (χ4v) is 1.07. The first-order valence-corrected chi connectivity index (χ1v) is 3.51. The molecule has 1 fully saturated rings. The normalized spacial score (nSPS) is 45.8. The molecule has 1 aliphatic rings. The van der Waals surface area contributed by atoms with Crippen molar-refractivity contribution in [2.75, 3.05) is 13.2 Å². The molecule has 1 aliphatic heterocycles. The van der Waals surface area contributed by atoms with Crippen molar-refractivity contribution in [3.63, 3.8) is 0 Å². The molecule has 1 saturated heterocycles. The topological polar surface area (TPSA) is 95.9 Å². The lowest BCUT2D eigenvalue weighted by molar-refractivity contribution is -0.156. The molecule has 0 aromatic carbocycles. The molecular formula is C6H13NO4. The molecule has 0 saturated carbocycles. The van der Waals surface area contributed by atoms with Crippen LogP contribution in [0.15, 0.2) is 0 Å². The molecule has 0 amide bonds. The van der Waals surface area contributed by atoms with E-state index in [0.29, 0.717) is 0 Å². The number of rotatable bonds is 1. The number of aliphatic hydroxyl groups is 3. The molecule has 66 valence electrons. The minimum atomic E-state index is -1.08. The van der Waals surface area contributed by atoms with Gasteiger partial charge in [-0.15, -0.1) is 0 Å². The van der Waals surface area contributed by atoms with Gasteiger partial charge in [-0.3, -0.25) is 0 Å². The quantitative estimate of drug-likeness (QED) is 0.340. The largest absolute Gasteiger partial charge is 0.394 e. The first kappa shape index (κ1) is 8.89. The summed E-state index contributed by atoms with van der Waals surface area (Å²) in [5.41, 5.74) is 5.37. The Balaban J connectivity index is 2.52. The third-order valence-corrected chi connectivity index (χ3v) is 1.85. The molecule has 1 heterocycles. The highest BCUT2D eigenvalue weighted by molar-refractivity contribution is 4.88. The molecule has 0 aromatic rings. The number of nitrogens with two attached hydrogens (primary N) is 1. The first-order valence-electron chi connectivity index (χ1n) is 3.51. The molecule has 0 aliphatic carbocycles. The van der Waals surface area contributed by atoms with Crippen LogP contribution in [-0.2, 0) is 4.74 Å². The predicted molar refractivity (Wildman–Crippen MR) is 36.8 cm³/mol. The van der Waals surface area contributed by atoms with Crippen molar-refractivity contribution in [2.45, 2.75) is 24.4 Å². The average Bonchev–Trinajstić information content (AvgIpc) is 2.01. The molecule has 4 atom stereocenters. The van der Waals surface area contributed by atoms with E-state index in [1.54, 1.807) is 0 Å². The molecule has 1 rings (SSSR count). The summed E-state index contributed by atoms with van der Waals surface area (Å²) in [6.07, 6.45) is -2.78. The van der Waals surface area contributed by atoms with Crippen LogP contribution in [0.25, 0.3) is 0 Å². The first-order chi connectivity index (χ1) is 5.16. The van der Waals surface area contributed by atoms with Crippen LogP contribution in [0.2, 0.25) is 0 Å². The average molecular weight is 163 g/mol. The number of hydrogen-bond donors (Lipinski definition) is 4. The standard InChI is InChI=1S/C6H13NO4/c7-3-2-11-4(1-8)6(10)5(3)9/h3-6,8-10H,1-2,7H2/t3?,4-,5-,6+/m1/s1. The van der Waals surface area contributed by atoms with Gasteiger partial charge in [-0.05, 0) is 0 Å². The summed E-state index contributed by atoms with van der Waals surface area (Å²) in [4.78, 5) is 0. The fraction of sp³-hybridized carbons (Fsp3) is 1.00. The summed E-state index contributed by atoms with van der Waals surface area (Å²) in [5.74, 6) is 0. The Hall–Kier alpha value is -0.200. The SMILES string of the molecule is NC1CO[C@H](CO)[C@H](O)[C@@H]1O. The minimum Gasteiger partial charge on any atom is -0.394 e. The number of ether oxygens (including phenoxy) is 1. The van der Waals surface area contributed by atoms with Crippen LogP contribution in [0.4, 0.5) is 0 Å². The lowest BCUT2D eigenvalue weighted by atomic mass is 9.99. The fourth-order valence-electron chi connectivity index (χ4n) is 1.07. The van der Waals surface area contributed by atoms with Gasteiger partial charge in [-0.25, -0.2) is 0 Å². The second-order valence-electron chi connectivity index (χ2n) is 2.70. The molecular weight excluding hydrogens is 150 g/mol. The van der Waals surface area contributed by atoms with Crippen LogP contribution in [0.5, 0.6) is 0 Å². The number of hydrogen-bond acceptors (Lipinski definition) is 5. The molecule has 1 unspecified atom stereocenters. The van der Waals surface area contributed by atoms with Crippen molar-refractivity contribution < 1.29 is 20.1 Å². The summed E-state index contributed by atoms with van der Waals surface area (Å²) in [6.45, 7) is -0.131. The maximum Gasteiger partial charge on any atom is 0.110 e. The molecule has 0 spiro atoms. The third-order valence-electron chi connectivity index (χ3n) is 1.85. The van der Waals surface area contributed by atoms with Crippen LogP contribution >= 0.6 is 0 Å². The zero-order valence-electron chi connectivity index (χ0n) is 6.05. The van der Waals surface area contributed by atoms with Gasteiger partial charge < -0.3 is 25.8 Å². The highest BCUT2D eigenvalue weighted by Crippen LogP contribution is 2.13. The Morgan fingerprint density at radius 1 is 1.36 bits per heavy atom. The zero-order valence-corrected chi connectivity index (χ0v) is 6.05. The van der Waals surface area contributed by atoms with E-state index in [0.717, 1.165) is 0 Å². The van der Waals surface area contributed by atoms with Crippen molar-refractivity contribution >= 4 is 0 Å². The Morgan fingerprint density at radius 3 is 2.55 bits per heavy atom. The van der Waals surface area contributed by atoms with Gasteiger partial charge in [0.05, 0.1) is 25.4 Å². The maximum atomic E-state index is 9.19. The Morgan fingerprint density at radius 2 is 2.00 bits per heavy atom. The van der Waals surface area contributed by atoms with Crippen LogP contribution < -0.4 is 5.73 Å². The highest BCUT2D eigenvalue weighted by atomic mass is 16.5. The van der Waals surface area contributed by atoms with Crippen LogP contribution in [0.1, 0.15) is 0 Å². The smallest absolute Gasteiger partial charge is 0.110 e. The molecule has 0 aromatic heterocycles. The summed E-state index contributed by atoms with van der Waals surface area (Å²) < 4.78 is 4.94. The van der Waals surface area contributed by atoms with Crippen LogP contribution in [-0.4, -0.2) is 52.9 Å². The zero-order chi connectivity index (χ0) is 8.43. The van der Waals surface area contributed by atoms with Gasteiger partial charge >= 0.3 is 0 Å². The van der Waals surface area contributed by atoms with E-state index in [4.69, 9.17) is 15.6 Å². The lowest BCUT2D eigenvalue weighted by Gasteiger charge is -2.34. The Labute approximate surface area is 64.4 Å². The minimum absolute atomic E-state index is 0.170. The predicted octanol–water partition coefficient (Wildman–Crippen LogP) is -2.57. The molecule has 5 N–H and O–H groups in total. The van der Waals surface area contributed by atoms with Gasteiger partial charge in [0, 0.05) is 0 Å². The molecule has 5 heteroatoms. The van der Waals surface area contributed by atoms with Crippen molar-refractivity contribution in [1.29, 1.82) is 0 Å². The van der Waals surface area contributed by atoms with Crippen molar-refractivity contribution in [3.05, 3.63) is 0 Å². The monoisotopic (exact) mass is 163 g/mol. The molecule has 0 bridgehead atoms.